The number of anilines is 2. The Morgan fingerprint density at radius 3 is 2.44 bits per heavy atom. The van der Waals surface area contributed by atoms with E-state index in [2.05, 4.69) is 25.2 Å². The van der Waals surface area contributed by atoms with Gasteiger partial charge >= 0.3 is 0 Å². The number of nitrogens with one attached hydrogen (secondary N) is 3. The van der Waals surface area contributed by atoms with Crippen molar-refractivity contribution in [2.75, 3.05) is 10.0 Å². The summed E-state index contributed by atoms with van der Waals surface area (Å²) in [5, 5.41) is 10.1. The van der Waals surface area contributed by atoms with Gasteiger partial charge in [0, 0.05) is 24.6 Å². The Balaban J connectivity index is 1.46. The van der Waals surface area contributed by atoms with E-state index in [1.807, 2.05) is 18.2 Å². The van der Waals surface area contributed by atoms with Crippen molar-refractivity contribution in [1.29, 1.82) is 0 Å². The van der Waals surface area contributed by atoms with Crippen LogP contribution in [0.5, 0.6) is 11.5 Å². The monoisotopic (exact) mass is 657 g/mol. The summed E-state index contributed by atoms with van der Waals surface area (Å²) < 4.78 is 48.4. The van der Waals surface area contributed by atoms with Gasteiger partial charge < -0.3 is 10.1 Å². The van der Waals surface area contributed by atoms with Gasteiger partial charge in [0.15, 0.2) is 0 Å². The SMILES string of the molecule is CC(=O)Nc1ccnc(-c2c(SCc3cccc(Oc4ccc(F)cc4)c3)n[nH]c2NS(=O)(=O)c2c(Cl)cccc2Cl)c1. The van der Waals surface area contributed by atoms with Crippen molar-refractivity contribution in [3.63, 3.8) is 0 Å². The Morgan fingerprint density at radius 2 is 1.72 bits per heavy atom. The van der Waals surface area contributed by atoms with Gasteiger partial charge in [0.25, 0.3) is 10.0 Å². The van der Waals surface area contributed by atoms with Crippen LogP contribution >= 0.6 is 35.0 Å². The van der Waals surface area contributed by atoms with Gasteiger partial charge in [-0.2, -0.15) is 5.10 Å². The van der Waals surface area contributed by atoms with Crippen LogP contribution in [-0.4, -0.2) is 29.5 Å². The maximum atomic E-state index is 13.4. The molecule has 3 aromatic carbocycles. The van der Waals surface area contributed by atoms with Crippen LogP contribution in [0, 0.1) is 5.82 Å². The Labute approximate surface area is 260 Å². The molecule has 0 aliphatic heterocycles. The summed E-state index contributed by atoms with van der Waals surface area (Å²) in [6, 6.07) is 20.6. The molecule has 5 rings (SSSR count). The number of rotatable bonds is 10. The lowest BCUT2D eigenvalue weighted by atomic mass is 10.2. The standard InChI is InChI=1S/C29H22Cl2FN5O4S2/c1-17(38)34-20-12-13-33-25(15-20)26-28(37-43(39,40)27-23(30)6-3-7-24(27)31)35-36-29(26)42-16-18-4-2-5-22(14-18)41-21-10-8-19(32)9-11-21/h2-15H,16H2,1H3,(H,33,34,38)(H2,35,36,37). The number of thioether (sulfide) groups is 1. The summed E-state index contributed by atoms with van der Waals surface area (Å²) in [5.41, 5.74) is 2.04. The van der Waals surface area contributed by atoms with E-state index in [-0.39, 0.29) is 32.5 Å². The number of benzene rings is 3. The third-order valence-corrected chi connectivity index (χ3v) is 9.17. The molecule has 9 nitrogen and oxygen atoms in total. The normalized spacial score (nSPS) is 11.3. The van der Waals surface area contributed by atoms with Crippen molar-refractivity contribution in [3.8, 4) is 22.8 Å². The lowest BCUT2D eigenvalue weighted by molar-refractivity contribution is -0.114. The number of ether oxygens (including phenoxy) is 1. The fraction of sp³-hybridized carbons (Fsp3) is 0.0690. The van der Waals surface area contributed by atoms with Gasteiger partial charge in [-0.05, 0) is 66.2 Å². The van der Waals surface area contributed by atoms with Crippen LogP contribution in [0.4, 0.5) is 15.9 Å². The van der Waals surface area contributed by atoms with E-state index < -0.39 is 10.0 Å². The molecule has 220 valence electrons. The Morgan fingerprint density at radius 1 is 1.00 bits per heavy atom. The first-order chi connectivity index (χ1) is 20.6. The molecule has 14 heteroatoms. The Kier molecular flexibility index (Phi) is 9.21. The molecule has 0 fully saturated rings. The summed E-state index contributed by atoms with van der Waals surface area (Å²) in [4.78, 5) is 15.8. The number of aromatic amines is 1. The number of sulfonamides is 1. The molecule has 0 aliphatic carbocycles. The van der Waals surface area contributed by atoms with Crippen LogP contribution < -0.4 is 14.8 Å². The Hall–Kier alpha value is -4.10. The lowest BCUT2D eigenvalue weighted by Crippen LogP contribution is -2.15. The molecule has 1 amide bonds. The largest absolute Gasteiger partial charge is 0.457 e. The number of carbonyl (C=O) groups excluding carboxylic acids is 1. The molecule has 0 atom stereocenters. The van der Waals surface area contributed by atoms with E-state index in [4.69, 9.17) is 27.9 Å². The fourth-order valence-electron chi connectivity index (χ4n) is 4.00. The van der Waals surface area contributed by atoms with Crippen LogP contribution in [-0.2, 0) is 20.6 Å². The second-order valence-electron chi connectivity index (χ2n) is 9.04. The van der Waals surface area contributed by atoms with Crippen LogP contribution in [0.25, 0.3) is 11.3 Å². The molecule has 5 aromatic rings. The van der Waals surface area contributed by atoms with Crippen molar-refractivity contribution in [2.45, 2.75) is 22.6 Å². The molecule has 3 N–H and O–H groups in total. The van der Waals surface area contributed by atoms with Gasteiger partial charge in [-0.15, -0.1) is 0 Å². The molecule has 0 saturated heterocycles. The number of aromatic nitrogens is 3. The van der Waals surface area contributed by atoms with Gasteiger partial charge in [0.05, 0.1) is 21.3 Å². The Bertz CT molecular complexity index is 1880. The second kappa shape index (κ2) is 13.0. The number of pyridine rings is 1. The number of hydrogen-bond donors (Lipinski definition) is 3. The van der Waals surface area contributed by atoms with Crippen molar-refractivity contribution < 1.29 is 22.3 Å². The molecule has 43 heavy (non-hydrogen) atoms. The molecule has 0 saturated carbocycles. The predicted molar refractivity (Wildman–Crippen MR) is 166 cm³/mol. The highest BCUT2D eigenvalue weighted by Crippen LogP contribution is 2.39. The number of H-pyrrole nitrogens is 1. The number of hydrogen-bond acceptors (Lipinski definition) is 7. The van der Waals surface area contributed by atoms with Gasteiger partial charge in [-0.25, -0.2) is 12.8 Å². The molecular weight excluding hydrogens is 636 g/mol. The summed E-state index contributed by atoms with van der Waals surface area (Å²) in [7, 11) is -4.26. The summed E-state index contributed by atoms with van der Waals surface area (Å²) >= 11 is 13.7. The van der Waals surface area contributed by atoms with E-state index in [0.29, 0.717) is 39.2 Å². The van der Waals surface area contributed by atoms with E-state index in [1.54, 1.807) is 18.2 Å². The topological polar surface area (TPSA) is 126 Å². The number of nitrogens with zero attached hydrogens (tertiary/aromatic N) is 2. The van der Waals surface area contributed by atoms with Crippen LogP contribution in [0.3, 0.4) is 0 Å². The molecule has 0 aliphatic rings. The van der Waals surface area contributed by atoms with E-state index in [9.17, 15) is 17.6 Å². The molecule has 2 aromatic heterocycles. The third-order valence-electron chi connectivity index (χ3n) is 5.82. The summed E-state index contributed by atoms with van der Waals surface area (Å²) in [6.45, 7) is 1.38. The number of carbonyl (C=O) groups is 1. The average Bonchev–Trinajstić information content (AvgIpc) is 3.34. The molecule has 0 radical (unpaired) electrons. The first-order valence-corrected chi connectivity index (χ1v) is 15.8. The number of halogens is 3. The highest BCUT2D eigenvalue weighted by atomic mass is 35.5. The zero-order valence-electron chi connectivity index (χ0n) is 22.3. The zero-order valence-corrected chi connectivity index (χ0v) is 25.4. The highest BCUT2D eigenvalue weighted by Gasteiger charge is 2.26. The van der Waals surface area contributed by atoms with Crippen LogP contribution in [0.15, 0.2) is 95.0 Å². The molecule has 0 spiro atoms. The molecule has 2 heterocycles. The first-order valence-electron chi connectivity index (χ1n) is 12.5. The van der Waals surface area contributed by atoms with E-state index in [1.165, 1.54) is 67.3 Å². The highest BCUT2D eigenvalue weighted by molar-refractivity contribution is 7.98. The first kappa shape index (κ1) is 30.4. The predicted octanol–water partition coefficient (Wildman–Crippen LogP) is 7.76. The smallest absolute Gasteiger partial charge is 0.266 e. The van der Waals surface area contributed by atoms with E-state index in [0.717, 1.165) is 5.56 Å². The third kappa shape index (κ3) is 7.46. The van der Waals surface area contributed by atoms with Crippen molar-refractivity contribution >= 4 is 62.4 Å². The lowest BCUT2D eigenvalue weighted by Gasteiger charge is -2.12. The van der Waals surface area contributed by atoms with E-state index >= 15 is 0 Å². The van der Waals surface area contributed by atoms with Crippen molar-refractivity contribution in [2.24, 2.45) is 0 Å². The van der Waals surface area contributed by atoms with Gasteiger partial charge in [-0.1, -0.05) is 53.2 Å². The van der Waals surface area contributed by atoms with Crippen molar-refractivity contribution in [1.82, 2.24) is 15.2 Å². The average molecular weight is 659 g/mol. The zero-order chi connectivity index (χ0) is 30.6. The minimum Gasteiger partial charge on any atom is -0.457 e. The maximum absolute atomic E-state index is 13.4. The maximum Gasteiger partial charge on any atom is 0.266 e. The quantitative estimate of drug-likeness (QED) is 0.131. The van der Waals surface area contributed by atoms with Gasteiger partial charge in [0.1, 0.15) is 33.1 Å². The fourth-order valence-corrected chi connectivity index (χ4v) is 7.12. The number of amides is 1. The molecule has 0 unspecified atom stereocenters. The van der Waals surface area contributed by atoms with Crippen LogP contribution in [0.1, 0.15) is 12.5 Å². The van der Waals surface area contributed by atoms with Gasteiger partial charge in [-0.3, -0.25) is 19.6 Å². The minimum atomic E-state index is -4.26. The summed E-state index contributed by atoms with van der Waals surface area (Å²) in [5.74, 6) is 0.853. The van der Waals surface area contributed by atoms with Gasteiger partial charge in [0.2, 0.25) is 5.91 Å². The molecular formula is C29H22Cl2FN5O4S2. The minimum absolute atomic E-state index is 0.0272. The van der Waals surface area contributed by atoms with Crippen molar-refractivity contribution in [3.05, 3.63) is 106 Å². The second-order valence-corrected chi connectivity index (χ2v) is 12.4. The molecule has 0 bridgehead atoms. The summed E-state index contributed by atoms with van der Waals surface area (Å²) in [6.07, 6.45) is 1.49. The van der Waals surface area contributed by atoms with Crippen LogP contribution in [0.2, 0.25) is 10.0 Å².